The zero-order chi connectivity index (χ0) is 17.1. The van der Waals surface area contributed by atoms with Crippen LogP contribution in [0.4, 0.5) is 0 Å². The van der Waals surface area contributed by atoms with Crippen molar-refractivity contribution < 1.29 is 9.32 Å². The first-order valence-electron chi connectivity index (χ1n) is 9.08. The highest BCUT2D eigenvalue weighted by molar-refractivity contribution is 5.85. The van der Waals surface area contributed by atoms with Gasteiger partial charge in [0.15, 0.2) is 0 Å². The molecule has 2 aromatic rings. The molecule has 1 N–H and O–H groups in total. The van der Waals surface area contributed by atoms with E-state index in [-0.39, 0.29) is 42.7 Å². The summed E-state index contributed by atoms with van der Waals surface area (Å²) in [6.07, 6.45) is 6.70. The van der Waals surface area contributed by atoms with Crippen LogP contribution in [0.3, 0.4) is 0 Å². The first kappa shape index (κ1) is 21.6. The number of piperidine rings is 2. The smallest absolute Gasteiger partial charge is 0.239 e. The number of hydrogen-bond donors (Lipinski definition) is 1. The zero-order valence-corrected chi connectivity index (χ0v) is 16.7. The predicted molar refractivity (Wildman–Crippen MR) is 106 cm³/mol. The van der Waals surface area contributed by atoms with Crippen molar-refractivity contribution >= 4 is 30.7 Å². The Kier molecular flexibility index (Phi) is 8.01. The van der Waals surface area contributed by atoms with Gasteiger partial charge in [-0.05, 0) is 44.4 Å². The summed E-state index contributed by atoms with van der Waals surface area (Å²) in [4.78, 5) is 23.3. The number of nitrogens with one attached hydrogen (secondary N) is 1. The second kappa shape index (κ2) is 10.0. The number of hydrogen-bond acceptors (Lipinski definition) is 6. The lowest BCUT2D eigenvalue weighted by Crippen LogP contribution is -2.50. The van der Waals surface area contributed by atoms with Crippen molar-refractivity contribution in [3.8, 4) is 11.5 Å². The van der Waals surface area contributed by atoms with E-state index in [9.17, 15) is 4.79 Å². The van der Waals surface area contributed by atoms with Gasteiger partial charge in [-0.15, -0.1) is 24.8 Å². The fraction of sp³-hybridized carbons (Fsp3) is 0.556. The van der Waals surface area contributed by atoms with E-state index < -0.39 is 0 Å². The van der Waals surface area contributed by atoms with Crippen LogP contribution in [0.2, 0.25) is 0 Å². The lowest BCUT2D eigenvalue weighted by Gasteiger charge is -2.34. The van der Waals surface area contributed by atoms with Gasteiger partial charge in [-0.25, -0.2) is 0 Å². The lowest BCUT2D eigenvalue weighted by molar-refractivity contribution is -0.135. The maximum atomic E-state index is 12.6. The molecule has 2 saturated heterocycles. The van der Waals surface area contributed by atoms with Crippen molar-refractivity contribution in [1.29, 1.82) is 0 Å². The van der Waals surface area contributed by atoms with Gasteiger partial charge in [0.2, 0.25) is 17.6 Å². The van der Waals surface area contributed by atoms with E-state index in [1.54, 1.807) is 6.20 Å². The van der Waals surface area contributed by atoms with E-state index in [2.05, 4.69) is 20.4 Å². The number of amides is 1. The molecule has 0 unspecified atom stereocenters. The third-order valence-electron chi connectivity index (χ3n) is 5.10. The Hall–Kier alpha value is -1.70. The van der Waals surface area contributed by atoms with Crippen molar-refractivity contribution in [2.45, 2.75) is 44.1 Å². The Morgan fingerprint density at radius 2 is 1.96 bits per heavy atom. The summed E-state index contributed by atoms with van der Waals surface area (Å²) in [5, 5.41) is 7.39. The monoisotopic (exact) mass is 413 g/mol. The molecule has 1 atom stereocenters. The Morgan fingerprint density at radius 3 is 2.63 bits per heavy atom. The maximum absolute atomic E-state index is 12.6. The molecule has 0 spiro atoms. The van der Waals surface area contributed by atoms with Crippen LogP contribution in [-0.2, 0) is 4.79 Å². The van der Waals surface area contributed by atoms with Crippen LogP contribution in [0.1, 0.15) is 43.9 Å². The summed E-state index contributed by atoms with van der Waals surface area (Å²) in [7, 11) is 0. The molecule has 0 aliphatic carbocycles. The minimum atomic E-state index is 0. The van der Waals surface area contributed by atoms with Crippen LogP contribution in [0.15, 0.2) is 28.9 Å². The fourth-order valence-electron chi connectivity index (χ4n) is 3.63. The van der Waals surface area contributed by atoms with Crippen molar-refractivity contribution in [2.24, 2.45) is 0 Å². The number of carbonyl (C=O) groups is 1. The topological polar surface area (TPSA) is 84.2 Å². The lowest BCUT2D eigenvalue weighted by atomic mass is 9.95. The second-order valence-corrected chi connectivity index (χ2v) is 6.77. The van der Waals surface area contributed by atoms with Crippen LogP contribution < -0.4 is 5.32 Å². The van der Waals surface area contributed by atoms with Gasteiger partial charge in [-0.3, -0.25) is 9.78 Å². The molecule has 0 aromatic carbocycles. The minimum absolute atomic E-state index is 0. The molecular formula is C18H25Cl2N5O2. The summed E-state index contributed by atoms with van der Waals surface area (Å²) in [6, 6.07) is 5.64. The Bertz CT molecular complexity index is 714. The molecule has 4 heterocycles. The first-order valence-corrected chi connectivity index (χ1v) is 9.08. The van der Waals surface area contributed by atoms with Crippen LogP contribution in [0.5, 0.6) is 0 Å². The van der Waals surface area contributed by atoms with Gasteiger partial charge in [0.25, 0.3) is 0 Å². The average molecular weight is 414 g/mol. The van der Waals surface area contributed by atoms with Gasteiger partial charge >= 0.3 is 0 Å². The van der Waals surface area contributed by atoms with E-state index in [1.165, 1.54) is 6.42 Å². The third kappa shape index (κ3) is 4.97. The van der Waals surface area contributed by atoms with E-state index in [1.807, 2.05) is 23.1 Å². The van der Waals surface area contributed by atoms with E-state index in [4.69, 9.17) is 4.52 Å². The SMILES string of the molecule is Cl.Cl.O=C([C@H]1CCCCN1)N1CCC(c2nc(-c3ccccn3)no2)CC1. The number of rotatable bonds is 3. The summed E-state index contributed by atoms with van der Waals surface area (Å²) in [5.74, 6) is 1.65. The van der Waals surface area contributed by atoms with Gasteiger partial charge in [0.05, 0.1) is 6.04 Å². The van der Waals surface area contributed by atoms with Crippen molar-refractivity contribution in [1.82, 2.24) is 25.3 Å². The van der Waals surface area contributed by atoms with Gasteiger partial charge in [-0.2, -0.15) is 4.98 Å². The molecule has 0 saturated carbocycles. The first-order chi connectivity index (χ1) is 12.3. The number of aromatic nitrogens is 3. The molecule has 2 aromatic heterocycles. The summed E-state index contributed by atoms with van der Waals surface area (Å²) < 4.78 is 5.45. The highest BCUT2D eigenvalue weighted by Gasteiger charge is 2.31. The van der Waals surface area contributed by atoms with Gasteiger partial charge in [-0.1, -0.05) is 17.6 Å². The predicted octanol–water partition coefficient (Wildman–Crippen LogP) is 2.82. The van der Waals surface area contributed by atoms with E-state index in [0.717, 1.165) is 45.3 Å². The van der Waals surface area contributed by atoms with Gasteiger partial charge in [0, 0.05) is 25.2 Å². The molecule has 2 fully saturated rings. The number of pyridine rings is 1. The number of halogens is 2. The van der Waals surface area contributed by atoms with Crippen LogP contribution in [0, 0.1) is 0 Å². The minimum Gasteiger partial charge on any atom is -0.341 e. The largest absolute Gasteiger partial charge is 0.341 e. The molecule has 148 valence electrons. The average Bonchev–Trinajstić information content (AvgIpc) is 3.19. The Balaban J connectivity index is 0.00000131. The molecule has 2 aliphatic rings. The van der Waals surface area contributed by atoms with Crippen LogP contribution in [-0.4, -0.2) is 51.6 Å². The maximum Gasteiger partial charge on any atom is 0.239 e. The van der Waals surface area contributed by atoms with Crippen molar-refractivity contribution in [3.63, 3.8) is 0 Å². The molecule has 2 aliphatic heterocycles. The Labute approximate surface area is 171 Å². The van der Waals surface area contributed by atoms with Crippen LogP contribution in [0.25, 0.3) is 11.5 Å². The van der Waals surface area contributed by atoms with Gasteiger partial charge in [0.1, 0.15) is 5.69 Å². The molecule has 0 bridgehead atoms. The van der Waals surface area contributed by atoms with E-state index >= 15 is 0 Å². The summed E-state index contributed by atoms with van der Waals surface area (Å²) >= 11 is 0. The van der Waals surface area contributed by atoms with Crippen molar-refractivity contribution in [3.05, 3.63) is 30.3 Å². The standard InChI is InChI=1S/C18H23N5O2.2ClH/c24-18(15-6-2-4-10-20-15)23-11-7-13(8-12-23)17-21-16(22-25-17)14-5-1-3-9-19-14;;/h1,3,5,9,13,15,20H,2,4,6-8,10-12H2;2*1H/t15-;;/m1../s1. The molecule has 7 nitrogen and oxygen atoms in total. The molecular weight excluding hydrogens is 389 g/mol. The molecule has 1 amide bonds. The van der Waals surface area contributed by atoms with Gasteiger partial charge < -0.3 is 14.7 Å². The van der Waals surface area contributed by atoms with E-state index in [0.29, 0.717) is 17.4 Å². The normalized spacial score (nSPS) is 20.4. The number of likely N-dealkylation sites (tertiary alicyclic amines) is 1. The zero-order valence-electron chi connectivity index (χ0n) is 15.0. The molecule has 27 heavy (non-hydrogen) atoms. The summed E-state index contributed by atoms with van der Waals surface area (Å²) in [6.45, 7) is 2.46. The highest BCUT2D eigenvalue weighted by atomic mass is 35.5. The highest BCUT2D eigenvalue weighted by Crippen LogP contribution is 2.28. The molecule has 9 heteroatoms. The fourth-order valence-corrected chi connectivity index (χ4v) is 3.63. The number of carbonyl (C=O) groups excluding carboxylic acids is 1. The summed E-state index contributed by atoms with van der Waals surface area (Å²) in [5.41, 5.74) is 0.716. The van der Waals surface area contributed by atoms with Crippen molar-refractivity contribution in [2.75, 3.05) is 19.6 Å². The molecule has 0 radical (unpaired) electrons. The molecule has 4 rings (SSSR count). The van der Waals surface area contributed by atoms with Crippen LogP contribution >= 0.6 is 24.8 Å². The third-order valence-corrected chi connectivity index (χ3v) is 5.10. The second-order valence-electron chi connectivity index (χ2n) is 6.77. The Morgan fingerprint density at radius 1 is 1.15 bits per heavy atom. The number of nitrogens with zero attached hydrogens (tertiary/aromatic N) is 4. The quantitative estimate of drug-likeness (QED) is 0.832.